The third kappa shape index (κ3) is 3.64. The number of hydrogen-bond acceptors (Lipinski definition) is 4. The summed E-state index contributed by atoms with van der Waals surface area (Å²) in [5, 5.41) is 1.37. The van der Waals surface area contributed by atoms with Crippen LogP contribution in [-0.2, 0) is 19.4 Å². The second kappa shape index (κ2) is 7.94. The summed E-state index contributed by atoms with van der Waals surface area (Å²) >= 11 is 6.46. The van der Waals surface area contributed by atoms with E-state index in [1.807, 2.05) is 12.1 Å². The third-order valence-electron chi connectivity index (χ3n) is 5.07. The number of benzene rings is 2. The second-order valence-electron chi connectivity index (χ2n) is 7.05. The fraction of sp³-hybridized carbons (Fsp3) is 0.318. The average Bonchev–Trinajstić information content (AvgIpc) is 2.68. The van der Waals surface area contributed by atoms with Crippen LogP contribution in [0.25, 0.3) is 11.0 Å². The van der Waals surface area contributed by atoms with E-state index in [0.717, 1.165) is 29.4 Å². The molecule has 0 fully saturated rings. The predicted molar refractivity (Wildman–Crippen MR) is 107 cm³/mol. The van der Waals surface area contributed by atoms with Gasteiger partial charge in [-0.1, -0.05) is 43.1 Å². The second-order valence-corrected chi connectivity index (χ2v) is 7.46. The van der Waals surface area contributed by atoms with E-state index < -0.39 is 0 Å². The van der Waals surface area contributed by atoms with Crippen LogP contribution in [0.15, 0.2) is 45.6 Å². The van der Waals surface area contributed by atoms with Gasteiger partial charge in [0.2, 0.25) is 0 Å². The van der Waals surface area contributed by atoms with Crippen LogP contribution in [0.4, 0.5) is 4.39 Å². The SMILES string of the molecule is CCCc1cc(=O)oc2c3c(c(Cl)cc12)OCN(CCc1ccccc1F)C3. The fourth-order valence-corrected chi connectivity index (χ4v) is 3.97. The van der Waals surface area contributed by atoms with Gasteiger partial charge in [0.25, 0.3) is 0 Å². The van der Waals surface area contributed by atoms with Gasteiger partial charge < -0.3 is 9.15 Å². The lowest BCUT2D eigenvalue weighted by molar-refractivity contribution is 0.0966. The topological polar surface area (TPSA) is 42.7 Å². The van der Waals surface area contributed by atoms with Gasteiger partial charge in [0.05, 0.1) is 10.6 Å². The molecule has 28 heavy (non-hydrogen) atoms. The Kier molecular flexibility index (Phi) is 5.38. The molecule has 0 bridgehead atoms. The van der Waals surface area contributed by atoms with Crippen molar-refractivity contribution in [1.29, 1.82) is 0 Å². The molecule has 0 spiro atoms. The third-order valence-corrected chi connectivity index (χ3v) is 5.35. The van der Waals surface area contributed by atoms with Crippen molar-refractivity contribution in [2.45, 2.75) is 32.7 Å². The van der Waals surface area contributed by atoms with Crippen molar-refractivity contribution in [3.63, 3.8) is 0 Å². The van der Waals surface area contributed by atoms with Crippen molar-refractivity contribution in [1.82, 2.24) is 4.90 Å². The zero-order valence-electron chi connectivity index (χ0n) is 15.6. The molecule has 146 valence electrons. The van der Waals surface area contributed by atoms with Crippen LogP contribution in [-0.4, -0.2) is 18.2 Å². The van der Waals surface area contributed by atoms with Crippen LogP contribution in [0.2, 0.25) is 5.02 Å². The van der Waals surface area contributed by atoms with Crippen molar-refractivity contribution in [3.05, 3.63) is 74.3 Å². The summed E-state index contributed by atoms with van der Waals surface area (Å²) in [6.45, 7) is 3.56. The van der Waals surface area contributed by atoms with Gasteiger partial charge in [-0.3, -0.25) is 4.90 Å². The number of hydrogen-bond donors (Lipinski definition) is 0. The molecule has 4 rings (SSSR count). The van der Waals surface area contributed by atoms with Crippen LogP contribution < -0.4 is 10.4 Å². The Balaban J connectivity index is 1.67. The van der Waals surface area contributed by atoms with Crippen LogP contribution in [0.1, 0.15) is 30.0 Å². The Labute approximate surface area is 167 Å². The van der Waals surface area contributed by atoms with Gasteiger partial charge in [-0.25, -0.2) is 9.18 Å². The summed E-state index contributed by atoms with van der Waals surface area (Å²) in [4.78, 5) is 14.1. The normalized spacial score (nSPS) is 14.1. The molecule has 1 aliphatic rings. The minimum Gasteiger partial charge on any atom is -0.476 e. The van der Waals surface area contributed by atoms with Crippen LogP contribution in [0.3, 0.4) is 0 Å². The van der Waals surface area contributed by atoms with E-state index in [1.54, 1.807) is 12.1 Å². The van der Waals surface area contributed by atoms with Crippen molar-refractivity contribution < 1.29 is 13.5 Å². The molecule has 0 unspecified atom stereocenters. The number of fused-ring (bicyclic) bond motifs is 3. The Morgan fingerprint density at radius 3 is 2.79 bits per heavy atom. The van der Waals surface area contributed by atoms with Crippen LogP contribution in [0, 0.1) is 5.82 Å². The average molecular weight is 402 g/mol. The number of aryl methyl sites for hydroxylation is 1. The molecule has 0 amide bonds. The summed E-state index contributed by atoms with van der Waals surface area (Å²) in [7, 11) is 0. The molecule has 3 aromatic rings. The molecule has 4 nitrogen and oxygen atoms in total. The van der Waals surface area contributed by atoms with Crippen molar-refractivity contribution in [2.24, 2.45) is 0 Å². The summed E-state index contributed by atoms with van der Waals surface area (Å²) < 4.78 is 25.3. The van der Waals surface area contributed by atoms with E-state index in [0.29, 0.717) is 48.2 Å². The molecule has 1 aliphatic heterocycles. The lowest BCUT2D eigenvalue weighted by atomic mass is 10.0. The van der Waals surface area contributed by atoms with E-state index in [4.69, 9.17) is 20.8 Å². The molecule has 0 N–H and O–H groups in total. The first kappa shape index (κ1) is 19.0. The monoisotopic (exact) mass is 401 g/mol. The first-order valence-electron chi connectivity index (χ1n) is 9.43. The minimum atomic E-state index is -0.371. The molecule has 6 heteroatoms. The lowest BCUT2D eigenvalue weighted by Crippen LogP contribution is -2.34. The molecule has 0 aliphatic carbocycles. The Morgan fingerprint density at radius 2 is 2.00 bits per heavy atom. The van der Waals surface area contributed by atoms with Crippen molar-refractivity contribution >= 4 is 22.6 Å². The van der Waals surface area contributed by atoms with Gasteiger partial charge in [0.15, 0.2) is 0 Å². The number of nitrogens with zero attached hydrogens (tertiary/aromatic N) is 1. The fourth-order valence-electron chi connectivity index (χ4n) is 3.70. The zero-order valence-corrected chi connectivity index (χ0v) is 16.4. The maximum Gasteiger partial charge on any atom is 0.336 e. The standard InChI is InChI=1S/C22H21ClFNO3/c1-2-5-15-10-20(26)28-21-16(15)11-18(23)22-17(21)12-25(13-27-22)9-8-14-6-3-4-7-19(14)24/h3-4,6-7,10-11H,2,5,8-9,12-13H2,1H3. The van der Waals surface area contributed by atoms with Gasteiger partial charge in [-0.05, 0) is 36.1 Å². The molecule has 0 saturated carbocycles. The highest BCUT2D eigenvalue weighted by molar-refractivity contribution is 6.33. The molecular formula is C22H21ClFNO3. The molecule has 0 radical (unpaired) electrons. The lowest BCUT2D eigenvalue weighted by Gasteiger charge is -2.30. The number of halogens is 2. The maximum atomic E-state index is 13.9. The van der Waals surface area contributed by atoms with Crippen molar-refractivity contribution in [2.75, 3.05) is 13.3 Å². The Bertz CT molecular complexity index is 1080. The van der Waals surface area contributed by atoms with Gasteiger partial charge in [-0.15, -0.1) is 0 Å². The van der Waals surface area contributed by atoms with E-state index >= 15 is 0 Å². The highest BCUT2D eigenvalue weighted by Crippen LogP contribution is 2.39. The van der Waals surface area contributed by atoms with Crippen LogP contribution in [0.5, 0.6) is 5.75 Å². The Morgan fingerprint density at radius 1 is 1.18 bits per heavy atom. The van der Waals surface area contributed by atoms with E-state index in [-0.39, 0.29) is 11.4 Å². The van der Waals surface area contributed by atoms with E-state index in [1.165, 1.54) is 12.1 Å². The number of rotatable bonds is 5. The van der Waals surface area contributed by atoms with Gasteiger partial charge in [-0.2, -0.15) is 0 Å². The summed E-state index contributed by atoms with van der Waals surface area (Å²) in [6, 6.07) is 10.1. The van der Waals surface area contributed by atoms with Gasteiger partial charge in [0.1, 0.15) is 23.9 Å². The molecule has 2 heterocycles. The minimum absolute atomic E-state index is 0.204. The highest BCUT2D eigenvalue weighted by atomic mass is 35.5. The van der Waals surface area contributed by atoms with E-state index in [9.17, 15) is 9.18 Å². The molecule has 0 atom stereocenters. The number of ether oxygens (including phenoxy) is 1. The quantitative estimate of drug-likeness (QED) is 0.568. The highest BCUT2D eigenvalue weighted by Gasteiger charge is 2.25. The molecular weight excluding hydrogens is 381 g/mol. The summed E-state index contributed by atoms with van der Waals surface area (Å²) in [6.07, 6.45) is 2.25. The predicted octanol–water partition coefficient (Wildman–Crippen LogP) is 4.93. The summed E-state index contributed by atoms with van der Waals surface area (Å²) in [5.41, 5.74) is 2.54. The molecule has 1 aromatic heterocycles. The first-order valence-corrected chi connectivity index (χ1v) is 9.81. The van der Waals surface area contributed by atoms with E-state index in [2.05, 4.69) is 11.8 Å². The van der Waals surface area contributed by atoms with Crippen LogP contribution >= 0.6 is 11.6 Å². The molecule has 2 aromatic carbocycles. The van der Waals surface area contributed by atoms with Gasteiger partial charge >= 0.3 is 5.63 Å². The molecule has 0 saturated heterocycles. The summed E-state index contributed by atoms with van der Waals surface area (Å²) in [5.74, 6) is 0.359. The van der Waals surface area contributed by atoms with Gasteiger partial charge in [0, 0.05) is 24.5 Å². The smallest absolute Gasteiger partial charge is 0.336 e. The zero-order chi connectivity index (χ0) is 19.7. The largest absolute Gasteiger partial charge is 0.476 e. The first-order chi connectivity index (χ1) is 13.6. The maximum absolute atomic E-state index is 13.9. The Hall–Kier alpha value is -2.37. The van der Waals surface area contributed by atoms with Crippen molar-refractivity contribution in [3.8, 4) is 5.75 Å².